The largest absolute Gasteiger partial charge is 0.399 e. The summed E-state index contributed by atoms with van der Waals surface area (Å²) in [5, 5.41) is 0. The van der Waals surface area contributed by atoms with Gasteiger partial charge in [-0.05, 0) is 54.9 Å². The Morgan fingerprint density at radius 3 is 2.35 bits per heavy atom. The molecule has 1 aromatic carbocycles. The molecule has 17 heavy (non-hydrogen) atoms. The topological polar surface area (TPSA) is 84.2 Å². The molecule has 5 nitrogen and oxygen atoms in total. The maximum absolute atomic E-state index is 11.8. The van der Waals surface area contributed by atoms with Gasteiger partial charge in [0.05, 0.1) is 5.69 Å². The van der Waals surface area contributed by atoms with Gasteiger partial charge in [0.2, 0.25) is 0 Å². The van der Waals surface area contributed by atoms with Crippen LogP contribution in [-0.2, 0) is 10.2 Å². The molecule has 0 heterocycles. The molecule has 0 radical (unpaired) electrons. The Morgan fingerprint density at radius 2 is 1.88 bits per heavy atom. The van der Waals surface area contributed by atoms with Crippen molar-refractivity contribution in [1.29, 1.82) is 0 Å². The van der Waals surface area contributed by atoms with Crippen LogP contribution in [0.2, 0.25) is 0 Å². The first-order valence-corrected chi connectivity index (χ1v) is 7.23. The van der Waals surface area contributed by atoms with Crippen molar-refractivity contribution in [3.05, 3.63) is 22.7 Å². The van der Waals surface area contributed by atoms with Crippen molar-refractivity contribution < 1.29 is 8.42 Å². The summed E-state index contributed by atoms with van der Waals surface area (Å²) in [5.74, 6) is 0. The molecule has 0 aromatic heterocycles. The third-order valence-electron chi connectivity index (χ3n) is 1.68. The average molecular weight is 322 g/mol. The molecular formula is C10H16BrN3O2S. The smallest absolute Gasteiger partial charge is 0.299 e. The van der Waals surface area contributed by atoms with Gasteiger partial charge in [0.25, 0.3) is 10.2 Å². The molecular weight excluding hydrogens is 306 g/mol. The van der Waals surface area contributed by atoms with E-state index in [4.69, 9.17) is 5.73 Å². The average Bonchev–Trinajstić information content (AvgIpc) is 2.05. The highest BCUT2D eigenvalue weighted by Gasteiger charge is 2.20. The summed E-state index contributed by atoms with van der Waals surface area (Å²) in [6, 6.07) is 4.86. The van der Waals surface area contributed by atoms with E-state index in [2.05, 4.69) is 25.4 Å². The van der Waals surface area contributed by atoms with Crippen molar-refractivity contribution in [2.75, 3.05) is 10.5 Å². The molecule has 4 N–H and O–H groups in total. The van der Waals surface area contributed by atoms with Crippen LogP contribution in [0.25, 0.3) is 0 Å². The Bertz CT molecular complexity index is 509. The van der Waals surface area contributed by atoms with Crippen LogP contribution in [0, 0.1) is 0 Å². The van der Waals surface area contributed by atoms with Crippen molar-refractivity contribution in [2.45, 2.75) is 26.3 Å². The minimum Gasteiger partial charge on any atom is -0.399 e. The lowest BCUT2D eigenvalue weighted by Crippen LogP contribution is -2.43. The first kappa shape index (κ1) is 14.3. The van der Waals surface area contributed by atoms with Gasteiger partial charge in [-0.15, -0.1) is 0 Å². The van der Waals surface area contributed by atoms with Crippen LogP contribution in [0.5, 0.6) is 0 Å². The number of hydrogen-bond acceptors (Lipinski definition) is 3. The highest BCUT2D eigenvalue weighted by molar-refractivity contribution is 9.10. The van der Waals surface area contributed by atoms with E-state index in [9.17, 15) is 8.42 Å². The Kier molecular flexibility index (Phi) is 4.06. The molecule has 7 heteroatoms. The normalized spacial score (nSPS) is 12.5. The third-order valence-corrected chi connectivity index (χ3v) is 3.70. The third kappa shape index (κ3) is 4.93. The quantitative estimate of drug-likeness (QED) is 0.745. The number of benzene rings is 1. The summed E-state index contributed by atoms with van der Waals surface area (Å²) >= 11 is 3.24. The van der Waals surface area contributed by atoms with E-state index >= 15 is 0 Å². The van der Waals surface area contributed by atoms with Crippen molar-refractivity contribution in [2.24, 2.45) is 0 Å². The molecule has 0 saturated carbocycles. The lowest BCUT2D eigenvalue weighted by Gasteiger charge is -2.21. The molecule has 0 bridgehead atoms. The van der Waals surface area contributed by atoms with Gasteiger partial charge >= 0.3 is 0 Å². The maximum atomic E-state index is 11.8. The van der Waals surface area contributed by atoms with Crippen molar-refractivity contribution >= 4 is 37.5 Å². The van der Waals surface area contributed by atoms with Crippen LogP contribution in [0.3, 0.4) is 0 Å². The first-order valence-electron chi connectivity index (χ1n) is 4.96. The lowest BCUT2D eigenvalue weighted by atomic mass is 10.1. The van der Waals surface area contributed by atoms with Gasteiger partial charge in [0, 0.05) is 15.7 Å². The minimum absolute atomic E-state index is 0.441. The highest BCUT2D eigenvalue weighted by atomic mass is 79.9. The van der Waals surface area contributed by atoms with Gasteiger partial charge < -0.3 is 5.73 Å². The van der Waals surface area contributed by atoms with E-state index in [1.165, 1.54) is 0 Å². The van der Waals surface area contributed by atoms with Crippen molar-refractivity contribution in [3.63, 3.8) is 0 Å². The molecule has 0 fully saturated rings. The van der Waals surface area contributed by atoms with E-state index in [1.54, 1.807) is 39.0 Å². The molecule has 1 aromatic rings. The number of hydrogen-bond donors (Lipinski definition) is 3. The summed E-state index contributed by atoms with van der Waals surface area (Å²) in [4.78, 5) is 0. The fourth-order valence-electron chi connectivity index (χ4n) is 1.19. The number of nitrogens with two attached hydrogens (primary N) is 1. The minimum atomic E-state index is -3.60. The number of nitrogens with one attached hydrogen (secondary N) is 2. The molecule has 0 aliphatic rings. The Labute approximate surface area is 110 Å². The SMILES string of the molecule is CC(C)(C)NS(=O)(=O)Nc1ccc(N)cc1Br. The Balaban J connectivity index is 2.91. The van der Waals surface area contributed by atoms with Crippen molar-refractivity contribution in [1.82, 2.24) is 4.72 Å². The van der Waals surface area contributed by atoms with E-state index in [-0.39, 0.29) is 0 Å². The zero-order chi connectivity index (χ0) is 13.3. The monoisotopic (exact) mass is 321 g/mol. The van der Waals surface area contributed by atoms with Crippen LogP contribution in [-0.4, -0.2) is 14.0 Å². The molecule has 0 spiro atoms. The summed E-state index contributed by atoms with van der Waals surface area (Å²) in [6.07, 6.45) is 0. The predicted octanol–water partition coefficient (Wildman–Crippen LogP) is 2.08. The van der Waals surface area contributed by atoms with Crippen LogP contribution in [0.15, 0.2) is 22.7 Å². The number of halogens is 1. The Hall–Kier alpha value is -0.790. The molecule has 0 atom stereocenters. The summed E-state index contributed by atoms with van der Waals surface area (Å²) in [7, 11) is -3.60. The van der Waals surface area contributed by atoms with E-state index in [0.717, 1.165) is 0 Å². The van der Waals surface area contributed by atoms with E-state index < -0.39 is 15.7 Å². The maximum Gasteiger partial charge on any atom is 0.299 e. The van der Waals surface area contributed by atoms with Crippen LogP contribution in [0.1, 0.15) is 20.8 Å². The molecule has 96 valence electrons. The zero-order valence-corrected chi connectivity index (χ0v) is 12.3. The highest BCUT2D eigenvalue weighted by Crippen LogP contribution is 2.25. The summed E-state index contributed by atoms with van der Waals surface area (Å²) in [5.41, 5.74) is 6.03. The zero-order valence-electron chi connectivity index (χ0n) is 9.91. The Morgan fingerprint density at radius 1 is 1.29 bits per heavy atom. The fraction of sp³-hybridized carbons (Fsp3) is 0.400. The van der Waals surface area contributed by atoms with Gasteiger partial charge in [-0.2, -0.15) is 13.1 Å². The standard InChI is InChI=1S/C10H16BrN3O2S/c1-10(2,3)14-17(15,16)13-9-5-4-7(12)6-8(9)11/h4-6,13-14H,12H2,1-3H3. The van der Waals surface area contributed by atoms with Gasteiger partial charge in [0.15, 0.2) is 0 Å². The summed E-state index contributed by atoms with van der Waals surface area (Å²) < 4.78 is 29.1. The second-order valence-corrected chi connectivity index (χ2v) is 6.97. The van der Waals surface area contributed by atoms with Crippen LogP contribution >= 0.6 is 15.9 Å². The van der Waals surface area contributed by atoms with Gasteiger partial charge in [0.1, 0.15) is 0 Å². The van der Waals surface area contributed by atoms with Gasteiger partial charge in [-0.1, -0.05) is 0 Å². The first-order chi connectivity index (χ1) is 7.59. The molecule has 0 saturated heterocycles. The number of nitrogen functional groups attached to an aromatic ring is 1. The molecule has 0 aliphatic heterocycles. The number of anilines is 2. The molecule has 0 amide bonds. The second-order valence-electron chi connectivity index (χ2n) is 4.70. The van der Waals surface area contributed by atoms with Crippen LogP contribution in [0.4, 0.5) is 11.4 Å². The second kappa shape index (κ2) is 4.83. The van der Waals surface area contributed by atoms with Crippen LogP contribution < -0.4 is 15.2 Å². The predicted molar refractivity (Wildman–Crippen MR) is 74.0 cm³/mol. The molecule has 0 aliphatic carbocycles. The van der Waals surface area contributed by atoms with E-state index in [0.29, 0.717) is 15.8 Å². The van der Waals surface area contributed by atoms with Gasteiger partial charge in [-0.25, -0.2) is 0 Å². The van der Waals surface area contributed by atoms with E-state index in [1.807, 2.05) is 0 Å². The van der Waals surface area contributed by atoms with Crippen molar-refractivity contribution in [3.8, 4) is 0 Å². The molecule has 1 rings (SSSR count). The number of rotatable bonds is 3. The lowest BCUT2D eigenvalue weighted by molar-refractivity contribution is 0.494. The fourth-order valence-corrected chi connectivity index (χ4v) is 3.14. The van der Waals surface area contributed by atoms with Gasteiger partial charge in [-0.3, -0.25) is 4.72 Å². The molecule has 0 unspecified atom stereocenters. The summed E-state index contributed by atoms with van der Waals surface area (Å²) in [6.45, 7) is 5.30.